The molecular formula is C16H26N2O2. The van der Waals surface area contributed by atoms with Gasteiger partial charge in [-0.05, 0) is 30.5 Å². The first-order valence-corrected chi connectivity index (χ1v) is 7.63. The summed E-state index contributed by atoms with van der Waals surface area (Å²) in [4.78, 5) is 2.40. The van der Waals surface area contributed by atoms with E-state index in [1.54, 1.807) is 0 Å². The molecule has 1 fully saturated rings. The smallest absolute Gasteiger partial charge is 0.119 e. The van der Waals surface area contributed by atoms with Crippen molar-refractivity contribution >= 4 is 0 Å². The van der Waals surface area contributed by atoms with Gasteiger partial charge >= 0.3 is 0 Å². The summed E-state index contributed by atoms with van der Waals surface area (Å²) in [6.45, 7) is 8.06. The Kier molecular flexibility index (Phi) is 6.30. The van der Waals surface area contributed by atoms with Gasteiger partial charge in [0.15, 0.2) is 0 Å². The predicted molar refractivity (Wildman–Crippen MR) is 81.1 cm³/mol. The molecule has 1 unspecified atom stereocenters. The predicted octanol–water partition coefficient (Wildman–Crippen LogP) is 1.80. The number of aliphatic hydroxyl groups is 1. The molecule has 0 spiro atoms. The van der Waals surface area contributed by atoms with Gasteiger partial charge in [0.05, 0.1) is 12.7 Å². The molecule has 0 radical (unpaired) electrons. The van der Waals surface area contributed by atoms with E-state index in [4.69, 9.17) is 4.74 Å². The fraction of sp³-hybridized carbons (Fsp3) is 0.625. The van der Waals surface area contributed by atoms with E-state index in [0.717, 1.165) is 63.5 Å². The fourth-order valence-electron chi connectivity index (χ4n) is 2.41. The summed E-state index contributed by atoms with van der Waals surface area (Å²) in [6, 6.07) is 7.82. The van der Waals surface area contributed by atoms with Crippen molar-refractivity contribution in [2.45, 2.75) is 25.9 Å². The van der Waals surface area contributed by atoms with Gasteiger partial charge in [0.25, 0.3) is 0 Å². The van der Waals surface area contributed by atoms with Crippen LogP contribution in [0, 0.1) is 0 Å². The highest BCUT2D eigenvalue weighted by molar-refractivity contribution is 5.28. The number of aliphatic hydroxyl groups excluding tert-OH is 1. The van der Waals surface area contributed by atoms with Crippen LogP contribution in [-0.4, -0.2) is 49.3 Å². The third-order valence-electron chi connectivity index (χ3n) is 3.67. The number of ether oxygens (including phenoxy) is 1. The van der Waals surface area contributed by atoms with E-state index in [0.29, 0.717) is 0 Å². The number of benzene rings is 1. The van der Waals surface area contributed by atoms with Crippen LogP contribution in [0.25, 0.3) is 0 Å². The van der Waals surface area contributed by atoms with Gasteiger partial charge in [0.1, 0.15) is 5.75 Å². The van der Waals surface area contributed by atoms with Crippen LogP contribution in [0.3, 0.4) is 0 Å². The molecular weight excluding hydrogens is 252 g/mol. The topological polar surface area (TPSA) is 44.7 Å². The Labute approximate surface area is 121 Å². The second-order valence-electron chi connectivity index (χ2n) is 5.31. The van der Waals surface area contributed by atoms with Crippen LogP contribution >= 0.6 is 0 Å². The number of nitrogens with one attached hydrogen (secondary N) is 1. The zero-order valence-electron chi connectivity index (χ0n) is 12.3. The Balaban J connectivity index is 1.77. The second kappa shape index (κ2) is 8.25. The number of nitrogens with zero attached hydrogens (tertiary/aromatic N) is 1. The van der Waals surface area contributed by atoms with Crippen molar-refractivity contribution in [1.82, 2.24) is 10.2 Å². The molecule has 1 atom stereocenters. The molecule has 20 heavy (non-hydrogen) atoms. The molecule has 0 aliphatic carbocycles. The van der Waals surface area contributed by atoms with Crippen LogP contribution in [-0.2, 0) is 0 Å². The third kappa shape index (κ3) is 4.78. The molecule has 1 aromatic carbocycles. The minimum absolute atomic E-state index is 0.384. The lowest BCUT2D eigenvalue weighted by atomic mass is 10.1. The zero-order valence-corrected chi connectivity index (χ0v) is 12.3. The van der Waals surface area contributed by atoms with E-state index < -0.39 is 0 Å². The highest BCUT2D eigenvalue weighted by Gasteiger charge is 2.13. The van der Waals surface area contributed by atoms with Crippen molar-refractivity contribution in [1.29, 1.82) is 0 Å². The summed E-state index contributed by atoms with van der Waals surface area (Å²) >= 11 is 0. The summed E-state index contributed by atoms with van der Waals surface area (Å²) in [5.74, 6) is 0.880. The lowest BCUT2D eigenvalue weighted by molar-refractivity contribution is 0.136. The maximum atomic E-state index is 10.2. The SMILES string of the molecule is CCCOc1ccc(C(O)CCN2CCNCC2)cc1. The zero-order chi connectivity index (χ0) is 14.2. The number of hydrogen-bond donors (Lipinski definition) is 2. The first kappa shape index (κ1) is 15.3. The van der Waals surface area contributed by atoms with E-state index >= 15 is 0 Å². The molecule has 2 rings (SSSR count). The number of piperazine rings is 1. The Morgan fingerprint density at radius 2 is 1.95 bits per heavy atom. The van der Waals surface area contributed by atoms with E-state index in [1.165, 1.54) is 0 Å². The van der Waals surface area contributed by atoms with Crippen LogP contribution in [0.15, 0.2) is 24.3 Å². The Morgan fingerprint density at radius 3 is 2.60 bits per heavy atom. The molecule has 1 aliphatic heterocycles. The molecule has 1 saturated heterocycles. The minimum atomic E-state index is -0.384. The molecule has 1 aromatic rings. The Bertz CT molecular complexity index is 375. The molecule has 4 nitrogen and oxygen atoms in total. The average Bonchev–Trinajstić information content (AvgIpc) is 2.52. The lowest BCUT2D eigenvalue weighted by Crippen LogP contribution is -2.44. The summed E-state index contributed by atoms with van der Waals surface area (Å²) < 4.78 is 5.55. The second-order valence-corrected chi connectivity index (χ2v) is 5.31. The quantitative estimate of drug-likeness (QED) is 0.798. The van der Waals surface area contributed by atoms with Crippen molar-refractivity contribution in [3.8, 4) is 5.75 Å². The minimum Gasteiger partial charge on any atom is -0.494 e. The number of hydrogen-bond acceptors (Lipinski definition) is 4. The summed E-state index contributed by atoms with van der Waals surface area (Å²) in [7, 11) is 0. The molecule has 1 heterocycles. The van der Waals surface area contributed by atoms with Crippen molar-refractivity contribution < 1.29 is 9.84 Å². The van der Waals surface area contributed by atoms with Gasteiger partial charge in [-0.1, -0.05) is 19.1 Å². The van der Waals surface area contributed by atoms with Gasteiger partial charge in [0.2, 0.25) is 0 Å². The summed E-state index contributed by atoms with van der Waals surface area (Å²) in [5.41, 5.74) is 0.976. The summed E-state index contributed by atoms with van der Waals surface area (Å²) in [5, 5.41) is 13.6. The van der Waals surface area contributed by atoms with Gasteiger partial charge in [-0.2, -0.15) is 0 Å². The van der Waals surface area contributed by atoms with Crippen molar-refractivity contribution in [2.24, 2.45) is 0 Å². The van der Waals surface area contributed by atoms with Crippen LogP contribution in [0.4, 0.5) is 0 Å². The van der Waals surface area contributed by atoms with Crippen LogP contribution < -0.4 is 10.1 Å². The standard InChI is InChI=1S/C16H26N2O2/c1-2-13-20-15-5-3-14(4-6-15)16(19)7-10-18-11-8-17-9-12-18/h3-6,16-17,19H,2,7-13H2,1H3. The molecule has 1 aliphatic rings. The van der Waals surface area contributed by atoms with Crippen LogP contribution in [0.1, 0.15) is 31.4 Å². The maximum absolute atomic E-state index is 10.2. The third-order valence-corrected chi connectivity index (χ3v) is 3.67. The largest absolute Gasteiger partial charge is 0.494 e. The van der Waals surface area contributed by atoms with Gasteiger partial charge in [-0.25, -0.2) is 0 Å². The van der Waals surface area contributed by atoms with Gasteiger partial charge in [-0.15, -0.1) is 0 Å². The average molecular weight is 278 g/mol. The molecule has 0 saturated carbocycles. The van der Waals surface area contributed by atoms with E-state index in [-0.39, 0.29) is 6.10 Å². The molecule has 112 valence electrons. The Morgan fingerprint density at radius 1 is 1.25 bits per heavy atom. The molecule has 0 amide bonds. The number of rotatable bonds is 7. The van der Waals surface area contributed by atoms with E-state index in [9.17, 15) is 5.11 Å². The highest BCUT2D eigenvalue weighted by atomic mass is 16.5. The van der Waals surface area contributed by atoms with Gasteiger partial charge in [0, 0.05) is 32.7 Å². The first-order valence-electron chi connectivity index (χ1n) is 7.63. The first-order chi connectivity index (χ1) is 9.79. The maximum Gasteiger partial charge on any atom is 0.119 e. The highest BCUT2D eigenvalue weighted by Crippen LogP contribution is 2.20. The van der Waals surface area contributed by atoms with E-state index in [2.05, 4.69) is 17.1 Å². The molecule has 0 aromatic heterocycles. The summed E-state index contributed by atoms with van der Waals surface area (Å²) in [6.07, 6.45) is 1.41. The van der Waals surface area contributed by atoms with Gasteiger partial charge < -0.3 is 20.1 Å². The molecule has 2 N–H and O–H groups in total. The monoisotopic (exact) mass is 278 g/mol. The van der Waals surface area contributed by atoms with Crippen LogP contribution in [0.5, 0.6) is 5.75 Å². The van der Waals surface area contributed by atoms with Crippen molar-refractivity contribution in [2.75, 3.05) is 39.3 Å². The van der Waals surface area contributed by atoms with E-state index in [1.807, 2.05) is 24.3 Å². The normalized spacial score (nSPS) is 17.9. The molecule has 0 bridgehead atoms. The fourth-order valence-corrected chi connectivity index (χ4v) is 2.41. The Hall–Kier alpha value is -1.10. The van der Waals surface area contributed by atoms with Crippen molar-refractivity contribution in [3.05, 3.63) is 29.8 Å². The van der Waals surface area contributed by atoms with Crippen LogP contribution in [0.2, 0.25) is 0 Å². The van der Waals surface area contributed by atoms with Gasteiger partial charge in [-0.3, -0.25) is 0 Å². The lowest BCUT2D eigenvalue weighted by Gasteiger charge is -2.28. The molecule has 4 heteroatoms. The van der Waals surface area contributed by atoms with Crippen molar-refractivity contribution in [3.63, 3.8) is 0 Å².